The van der Waals surface area contributed by atoms with Crippen molar-refractivity contribution in [3.63, 3.8) is 0 Å². The van der Waals surface area contributed by atoms with Crippen LogP contribution in [0.2, 0.25) is 0 Å². The highest BCUT2D eigenvalue weighted by Crippen LogP contribution is 2.29. The van der Waals surface area contributed by atoms with E-state index in [1.165, 1.54) is 24.0 Å². The van der Waals surface area contributed by atoms with E-state index in [1.54, 1.807) is 0 Å². The minimum atomic E-state index is 0.462. The van der Waals surface area contributed by atoms with E-state index in [0.29, 0.717) is 11.9 Å². The summed E-state index contributed by atoms with van der Waals surface area (Å²) in [4.78, 5) is 11.4. The summed E-state index contributed by atoms with van der Waals surface area (Å²) in [5.41, 5.74) is 3.66. The number of nitrogens with zero attached hydrogens (tertiary/aromatic N) is 3. The van der Waals surface area contributed by atoms with Gasteiger partial charge in [-0.2, -0.15) is 4.98 Å². The minimum Gasteiger partial charge on any atom is -0.356 e. The topological polar surface area (TPSA) is 41.1 Å². The van der Waals surface area contributed by atoms with E-state index < -0.39 is 0 Å². The van der Waals surface area contributed by atoms with Gasteiger partial charge in [0.05, 0.1) is 0 Å². The fourth-order valence-corrected chi connectivity index (χ4v) is 2.99. The molecule has 2 heterocycles. The summed E-state index contributed by atoms with van der Waals surface area (Å²) in [6, 6.07) is 8.40. The summed E-state index contributed by atoms with van der Waals surface area (Å²) in [5, 5.41) is 3.44. The molecule has 4 heteroatoms. The van der Waals surface area contributed by atoms with Crippen LogP contribution in [-0.2, 0) is 0 Å². The van der Waals surface area contributed by atoms with Gasteiger partial charge in [0.2, 0.25) is 5.95 Å². The Labute approximate surface area is 132 Å². The van der Waals surface area contributed by atoms with E-state index in [4.69, 9.17) is 4.98 Å². The highest BCUT2D eigenvalue weighted by atomic mass is 15.2. The molecule has 2 aromatic rings. The van der Waals surface area contributed by atoms with Crippen molar-refractivity contribution in [2.24, 2.45) is 0 Å². The SMILES string of the molecule is Cc1cccc(C(C)C)c1Nc1nccc(N2CCCC2)n1. The van der Waals surface area contributed by atoms with Crippen molar-refractivity contribution in [1.82, 2.24) is 9.97 Å². The van der Waals surface area contributed by atoms with Crippen LogP contribution < -0.4 is 10.2 Å². The lowest BCUT2D eigenvalue weighted by Gasteiger charge is -2.19. The van der Waals surface area contributed by atoms with E-state index in [1.807, 2.05) is 12.3 Å². The molecule has 116 valence electrons. The third-order valence-electron chi connectivity index (χ3n) is 4.23. The molecule has 1 aromatic heterocycles. The van der Waals surface area contributed by atoms with E-state index in [0.717, 1.165) is 24.6 Å². The van der Waals surface area contributed by atoms with Gasteiger partial charge in [0.25, 0.3) is 0 Å². The average molecular weight is 296 g/mol. The molecule has 1 aromatic carbocycles. The summed E-state index contributed by atoms with van der Waals surface area (Å²) in [5.74, 6) is 2.17. The van der Waals surface area contributed by atoms with Crippen LogP contribution in [0.15, 0.2) is 30.5 Å². The van der Waals surface area contributed by atoms with Gasteiger partial charge in [0, 0.05) is 25.0 Å². The molecule has 0 atom stereocenters. The number of rotatable bonds is 4. The Balaban J connectivity index is 1.89. The maximum absolute atomic E-state index is 4.70. The van der Waals surface area contributed by atoms with Crippen molar-refractivity contribution in [1.29, 1.82) is 0 Å². The van der Waals surface area contributed by atoms with Crippen molar-refractivity contribution in [2.45, 2.75) is 39.5 Å². The van der Waals surface area contributed by atoms with E-state index in [9.17, 15) is 0 Å². The first kappa shape index (κ1) is 14.8. The van der Waals surface area contributed by atoms with Gasteiger partial charge in [0.1, 0.15) is 5.82 Å². The molecule has 0 bridgehead atoms. The van der Waals surface area contributed by atoms with Crippen LogP contribution >= 0.6 is 0 Å². The number of aryl methyl sites for hydroxylation is 1. The number of benzene rings is 1. The smallest absolute Gasteiger partial charge is 0.229 e. The Hall–Kier alpha value is -2.10. The summed E-state index contributed by atoms with van der Waals surface area (Å²) >= 11 is 0. The molecular formula is C18H24N4. The lowest BCUT2D eigenvalue weighted by Crippen LogP contribution is -2.19. The Bertz CT molecular complexity index is 645. The van der Waals surface area contributed by atoms with E-state index in [-0.39, 0.29) is 0 Å². The zero-order valence-electron chi connectivity index (χ0n) is 13.6. The Morgan fingerprint density at radius 3 is 2.64 bits per heavy atom. The van der Waals surface area contributed by atoms with Gasteiger partial charge in [-0.25, -0.2) is 4.98 Å². The molecule has 0 saturated carbocycles. The molecule has 4 nitrogen and oxygen atoms in total. The monoisotopic (exact) mass is 296 g/mol. The molecule has 0 unspecified atom stereocenters. The number of para-hydroxylation sites is 1. The quantitative estimate of drug-likeness (QED) is 0.915. The molecule has 0 spiro atoms. The number of hydrogen-bond acceptors (Lipinski definition) is 4. The first-order chi connectivity index (χ1) is 10.6. The van der Waals surface area contributed by atoms with Gasteiger partial charge in [-0.3, -0.25) is 0 Å². The molecule has 1 saturated heterocycles. The lowest BCUT2D eigenvalue weighted by molar-refractivity contribution is 0.866. The number of aromatic nitrogens is 2. The number of hydrogen-bond donors (Lipinski definition) is 1. The molecular weight excluding hydrogens is 272 g/mol. The van der Waals surface area contributed by atoms with Gasteiger partial charge < -0.3 is 10.2 Å². The Kier molecular flexibility index (Phi) is 4.27. The predicted molar refractivity (Wildman–Crippen MR) is 92.0 cm³/mol. The first-order valence-electron chi connectivity index (χ1n) is 8.09. The molecule has 3 rings (SSSR count). The highest BCUT2D eigenvalue weighted by Gasteiger charge is 2.15. The second kappa shape index (κ2) is 6.34. The first-order valence-corrected chi connectivity index (χ1v) is 8.09. The molecule has 1 aliphatic heterocycles. The second-order valence-corrected chi connectivity index (χ2v) is 6.25. The number of nitrogens with one attached hydrogen (secondary N) is 1. The van der Waals surface area contributed by atoms with Gasteiger partial charge in [-0.15, -0.1) is 0 Å². The average Bonchev–Trinajstić information content (AvgIpc) is 3.04. The zero-order valence-corrected chi connectivity index (χ0v) is 13.6. The number of anilines is 3. The Morgan fingerprint density at radius 1 is 1.14 bits per heavy atom. The minimum absolute atomic E-state index is 0.462. The third-order valence-corrected chi connectivity index (χ3v) is 4.23. The van der Waals surface area contributed by atoms with Crippen molar-refractivity contribution < 1.29 is 0 Å². The van der Waals surface area contributed by atoms with Crippen molar-refractivity contribution in [2.75, 3.05) is 23.3 Å². The van der Waals surface area contributed by atoms with Crippen LogP contribution in [0.25, 0.3) is 0 Å². The van der Waals surface area contributed by atoms with Crippen molar-refractivity contribution in [3.8, 4) is 0 Å². The van der Waals surface area contributed by atoms with Crippen LogP contribution in [0.5, 0.6) is 0 Å². The molecule has 22 heavy (non-hydrogen) atoms. The molecule has 1 fully saturated rings. The van der Waals surface area contributed by atoms with E-state index in [2.05, 4.69) is 54.2 Å². The van der Waals surface area contributed by atoms with E-state index >= 15 is 0 Å². The van der Waals surface area contributed by atoms with Crippen molar-refractivity contribution >= 4 is 17.5 Å². The van der Waals surface area contributed by atoms with Crippen LogP contribution in [0.4, 0.5) is 17.5 Å². The maximum atomic E-state index is 4.70. The van der Waals surface area contributed by atoms with Crippen LogP contribution in [0, 0.1) is 6.92 Å². The van der Waals surface area contributed by atoms with Crippen molar-refractivity contribution in [3.05, 3.63) is 41.6 Å². The Morgan fingerprint density at radius 2 is 1.91 bits per heavy atom. The van der Waals surface area contributed by atoms with Gasteiger partial charge in [0.15, 0.2) is 0 Å². The maximum Gasteiger partial charge on any atom is 0.229 e. The summed E-state index contributed by atoms with van der Waals surface area (Å²) < 4.78 is 0. The standard InChI is InChI=1S/C18H24N4/c1-13(2)15-8-6-7-14(3)17(15)21-18-19-10-9-16(20-18)22-11-4-5-12-22/h6-10,13H,4-5,11-12H2,1-3H3,(H,19,20,21). The molecule has 0 amide bonds. The summed E-state index contributed by atoms with van der Waals surface area (Å²) in [7, 11) is 0. The fraction of sp³-hybridized carbons (Fsp3) is 0.444. The van der Waals surface area contributed by atoms with Crippen LogP contribution in [0.1, 0.15) is 43.7 Å². The summed E-state index contributed by atoms with van der Waals surface area (Å²) in [6.07, 6.45) is 4.35. The largest absolute Gasteiger partial charge is 0.356 e. The second-order valence-electron chi connectivity index (χ2n) is 6.25. The molecule has 0 radical (unpaired) electrons. The zero-order chi connectivity index (χ0) is 15.5. The molecule has 1 N–H and O–H groups in total. The van der Waals surface area contributed by atoms with Gasteiger partial charge in [-0.05, 0) is 42.9 Å². The van der Waals surface area contributed by atoms with Gasteiger partial charge in [-0.1, -0.05) is 32.0 Å². The van der Waals surface area contributed by atoms with Crippen LogP contribution in [-0.4, -0.2) is 23.1 Å². The lowest BCUT2D eigenvalue weighted by atomic mass is 9.98. The fourth-order valence-electron chi connectivity index (χ4n) is 2.99. The molecule has 1 aliphatic rings. The third kappa shape index (κ3) is 3.06. The molecule has 0 aliphatic carbocycles. The van der Waals surface area contributed by atoms with Gasteiger partial charge >= 0.3 is 0 Å². The normalized spacial score (nSPS) is 14.6. The highest BCUT2D eigenvalue weighted by molar-refractivity contribution is 5.64. The van der Waals surface area contributed by atoms with Crippen LogP contribution in [0.3, 0.4) is 0 Å². The summed E-state index contributed by atoms with van der Waals surface area (Å²) in [6.45, 7) is 8.73. The predicted octanol–water partition coefficient (Wildman–Crippen LogP) is 4.25.